The van der Waals surface area contributed by atoms with E-state index in [9.17, 15) is 13.2 Å². The van der Waals surface area contributed by atoms with Gasteiger partial charge in [-0.1, -0.05) is 32.4 Å². The highest BCUT2D eigenvalue weighted by Gasteiger charge is 2.37. The van der Waals surface area contributed by atoms with Crippen molar-refractivity contribution < 1.29 is 13.2 Å². The molecule has 2 atom stereocenters. The first-order chi connectivity index (χ1) is 16.3. The fraction of sp³-hybridized carbons (Fsp3) is 0.714. The molecule has 0 amide bonds. The average molecular weight is 476 g/mol. The molecule has 1 aliphatic carbocycles. The third kappa shape index (κ3) is 4.98. The third-order valence-electron chi connectivity index (χ3n) is 9.05. The summed E-state index contributed by atoms with van der Waals surface area (Å²) in [5.74, 6) is 1.43. The highest BCUT2D eigenvalue weighted by molar-refractivity contribution is 5.58. The summed E-state index contributed by atoms with van der Waals surface area (Å²) in [7, 11) is 0. The number of likely N-dealkylation sites (tertiary alicyclic amines) is 2. The van der Waals surface area contributed by atoms with Crippen LogP contribution in [0.2, 0.25) is 0 Å². The molecule has 1 saturated carbocycles. The van der Waals surface area contributed by atoms with Gasteiger partial charge in [0.2, 0.25) is 0 Å². The lowest BCUT2D eigenvalue weighted by Crippen LogP contribution is -2.34. The van der Waals surface area contributed by atoms with Crippen LogP contribution in [-0.2, 0) is 6.18 Å². The van der Waals surface area contributed by atoms with Crippen LogP contribution in [0.25, 0.3) is 0 Å². The summed E-state index contributed by atoms with van der Waals surface area (Å²) in [5, 5.41) is 0. The number of benzene rings is 1. The van der Waals surface area contributed by atoms with Gasteiger partial charge >= 0.3 is 6.18 Å². The molecule has 34 heavy (non-hydrogen) atoms. The monoisotopic (exact) mass is 475 g/mol. The van der Waals surface area contributed by atoms with Gasteiger partial charge in [-0.15, -0.1) is 0 Å². The molecular weight excluding hydrogens is 435 g/mol. The quantitative estimate of drug-likeness (QED) is 0.481. The maximum Gasteiger partial charge on any atom is 0.416 e. The van der Waals surface area contributed by atoms with Crippen LogP contribution in [0, 0.1) is 11.8 Å². The lowest BCUT2D eigenvalue weighted by Gasteiger charge is -2.35. The Balaban J connectivity index is 1.29. The van der Waals surface area contributed by atoms with Crippen LogP contribution in [0.4, 0.5) is 18.9 Å². The van der Waals surface area contributed by atoms with Crippen molar-refractivity contribution in [3.8, 4) is 0 Å². The predicted molar refractivity (Wildman–Crippen MR) is 132 cm³/mol. The average Bonchev–Trinajstić information content (AvgIpc) is 3.60. The first-order valence-corrected chi connectivity index (χ1v) is 13.4. The van der Waals surface area contributed by atoms with Crippen LogP contribution in [0.1, 0.15) is 75.3 Å². The third-order valence-corrected chi connectivity index (χ3v) is 9.05. The van der Waals surface area contributed by atoms with Gasteiger partial charge in [0.25, 0.3) is 0 Å². The Morgan fingerprint density at radius 2 is 1.65 bits per heavy atom. The zero-order valence-electron chi connectivity index (χ0n) is 20.6. The van der Waals surface area contributed by atoms with Crippen molar-refractivity contribution in [2.24, 2.45) is 11.8 Å². The lowest BCUT2D eigenvalue weighted by molar-refractivity contribution is -0.137. The second-order valence-corrected chi connectivity index (χ2v) is 11.3. The Kier molecular flexibility index (Phi) is 6.89. The number of alkyl halides is 3. The van der Waals surface area contributed by atoms with Crippen LogP contribution < -0.4 is 4.90 Å². The first kappa shape index (κ1) is 24.0. The van der Waals surface area contributed by atoms with E-state index in [-0.39, 0.29) is 5.92 Å². The molecule has 188 valence electrons. The molecule has 5 rings (SSSR count). The minimum Gasteiger partial charge on any atom is -0.374 e. The molecule has 0 bridgehead atoms. The van der Waals surface area contributed by atoms with E-state index in [2.05, 4.69) is 28.2 Å². The summed E-state index contributed by atoms with van der Waals surface area (Å²) < 4.78 is 40.6. The van der Waals surface area contributed by atoms with E-state index in [1.807, 2.05) is 0 Å². The zero-order valence-corrected chi connectivity index (χ0v) is 20.6. The molecule has 0 N–H and O–H groups in total. The summed E-state index contributed by atoms with van der Waals surface area (Å²) >= 11 is 0. The molecule has 0 spiro atoms. The van der Waals surface area contributed by atoms with Crippen molar-refractivity contribution in [1.82, 2.24) is 9.80 Å². The van der Waals surface area contributed by atoms with Gasteiger partial charge in [0.05, 0.1) is 5.56 Å². The maximum atomic E-state index is 13.5. The van der Waals surface area contributed by atoms with Gasteiger partial charge in [-0.05, 0) is 68.7 Å². The molecule has 6 heteroatoms. The Labute approximate surface area is 203 Å². The van der Waals surface area contributed by atoms with Gasteiger partial charge in [0, 0.05) is 62.0 Å². The lowest BCUT2D eigenvalue weighted by atomic mass is 9.92. The van der Waals surface area contributed by atoms with Gasteiger partial charge in [0.15, 0.2) is 0 Å². The number of rotatable bonds is 5. The highest BCUT2D eigenvalue weighted by Crippen LogP contribution is 2.41. The first-order valence-electron chi connectivity index (χ1n) is 13.4. The number of piperidine rings is 1. The number of hydrogen-bond acceptors (Lipinski definition) is 3. The Bertz CT molecular complexity index is 868. The maximum absolute atomic E-state index is 13.5. The number of halogens is 3. The molecule has 3 heterocycles. The van der Waals surface area contributed by atoms with Gasteiger partial charge in [0.1, 0.15) is 0 Å². The summed E-state index contributed by atoms with van der Waals surface area (Å²) in [5.41, 5.74) is 2.63. The second kappa shape index (κ2) is 9.75. The molecule has 1 aromatic carbocycles. The largest absolute Gasteiger partial charge is 0.416 e. The second-order valence-electron chi connectivity index (χ2n) is 11.3. The summed E-state index contributed by atoms with van der Waals surface area (Å²) in [4.78, 5) is 7.33. The molecule has 1 aromatic rings. The Hall–Kier alpha value is -1.69. The van der Waals surface area contributed by atoms with Crippen LogP contribution in [0.5, 0.6) is 0 Å². The van der Waals surface area contributed by atoms with E-state index in [0.717, 1.165) is 69.3 Å². The topological polar surface area (TPSA) is 9.72 Å². The van der Waals surface area contributed by atoms with E-state index < -0.39 is 11.7 Å². The van der Waals surface area contributed by atoms with Crippen LogP contribution in [-0.4, -0.2) is 55.1 Å². The van der Waals surface area contributed by atoms with Gasteiger partial charge in [-0.3, -0.25) is 4.90 Å². The summed E-state index contributed by atoms with van der Waals surface area (Å²) in [6.45, 7) is 12.6. The molecule has 4 aliphatic rings. The van der Waals surface area contributed by atoms with E-state index in [4.69, 9.17) is 0 Å². The molecule has 4 fully saturated rings. The highest BCUT2D eigenvalue weighted by atomic mass is 19.4. The molecule has 2 unspecified atom stereocenters. The molecule has 0 radical (unpaired) electrons. The smallest absolute Gasteiger partial charge is 0.374 e. The van der Waals surface area contributed by atoms with Crippen molar-refractivity contribution in [1.29, 1.82) is 0 Å². The summed E-state index contributed by atoms with van der Waals surface area (Å²) in [6.07, 6.45) is 5.38. The van der Waals surface area contributed by atoms with Crippen molar-refractivity contribution in [2.75, 3.05) is 44.2 Å². The standard InChI is InChI=1S/C28H40F3N3/c1-20-9-13-32(14-10-20)27-17-24(28(29,30)31)7-8-26(27)23-12-15-33(19-23)21(2)22-11-16-34(18-22)25-5-3-4-6-25/h7-8,17,20,22-23,25H,2-6,9-16,18-19H2,1H3. The van der Waals surface area contributed by atoms with E-state index in [0.29, 0.717) is 11.8 Å². The van der Waals surface area contributed by atoms with Crippen LogP contribution in [0.3, 0.4) is 0 Å². The number of hydrogen-bond donors (Lipinski definition) is 0. The normalized spacial score (nSPS) is 27.8. The minimum absolute atomic E-state index is 0.265. The van der Waals surface area contributed by atoms with E-state index in [1.165, 1.54) is 56.5 Å². The van der Waals surface area contributed by atoms with Crippen molar-refractivity contribution in [3.63, 3.8) is 0 Å². The Morgan fingerprint density at radius 1 is 0.912 bits per heavy atom. The SMILES string of the molecule is C=C(C1CCN(C2CCCC2)C1)N1CCC(c2ccc(C(F)(F)F)cc2N2CCC(C)CC2)C1. The summed E-state index contributed by atoms with van der Waals surface area (Å²) in [6, 6.07) is 5.24. The molecular formula is C28H40F3N3. The van der Waals surface area contributed by atoms with Crippen molar-refractivity contribution in [3.05, 3.63) is 41.6 Å². The molecule has 3 aliphatic heterocycles. The van der Waals surface area contributed by atoms with Crippen molar-refractivity contribution in [2.45, 2.75) is 76.4 Å². The van der Waals surface area contributed by atoms with Gasteiger partial charge in [-0.25, -0.2) is 0 Å². The zero-order chi connectivity index (χ0) is 23.9. The number of anilines is 1. The van der Waals surface area contributed by atoms with Crippen molar-refractivity contribution >= 4 is 5.69 Å². The van der Waals surface area contributed by atoms with Crippen LogP contribution >= 0.6 is 0 Å². The predicted octanol–water partition coefficient (Wildman–Crippen LogP) is 6.51. The molecule has 0 aromatic heterocycles. The minimum atomic E-state index is -4.31. The van der Waals surface area contributed by atoms with Gasteiger partial charge < -0.3 is 9.80 Å². The fourth-order valence-electron chi connectivity index (χ4n) is 6.78. The fourth-order valence-corrected chi connectivity index (χ4v) is 6.78. The van der Waals surface area contributed by atoms with Gasteiger partial charge in [-0.2, -0.15) is 13.2 Å². The molecule has 3 nitrogen and oxygen atoms in total. The Morgan fingerprint density at radius 3 is 2.35 bits per heavy atom. The van der Waals surface area contributed by atoms with E-state index in [1.54, 1.807) is 6.07 Å². The van der Waals surface area contributed by atoms with E-state index >= 15 is 0 Å². The van der Waals surface area contributed by atoms with Crippen LogP contribution in [0.15, 0.2) is 30.5 Å². The molecule has 3 saturated heterocycles. The number of nitrogens with zero attached hydrogens (tertiary/aromatic N) is 3.